The Kier molecular flexibility index (Phi) is 4.26. The second-order valence-corrected chi connectivity index (χ2v) is 6.32. The van der Waals surface area contributed by atoms with Crippen LogP contribution in [0.25, 0.3) is 0 Å². The standard InChI is InChI=1S/C15H14N2O3S/c1-11-8-13(9-16)4-7-15(11)21(19,20)17-10-12-2-5-14(18)6-3-12/h2-8,17-18H,10H2,1H3. The number of phenols is 1. The van der Waals surface area contributed by atoms with E-state index in [1.54, 1.807) is 19.1 Å². The minimum Gasteiger partial charge on any atom is -0.508 e. The Labute approximate surface area is 123 Å². The summed E-state index contributed by atoms with van der Waals surface area (Å²) >= 11 is 0. The molecule has 0 saturated heterocycles. The average molecular weight is 302 g/mol. The molecule has 0 amide bonds. The molecular weight excluding hydrogens is 288 g/mol. The highest BCUT2D eigenvalue weighted by Gasteiger charge is 2.16. The number of aromatic hydroxyl groups is 1. The first-order valence-electron chi connectivity index (χ1n) is 6.21. The number of nitrogens with one attached hydrogen (secondary N) is 1. The van der Waals surface area contributed by atoms with Crippen LogP contribution in [-0.2, 0) is 16.6 Å². The van der Waals surface area contributed by atoms with Crippen LogP contribution in [0.5, 0.6) is 5.75 Å². The molecule has 2 aromatic rings. The van der Waals surface area contributed by atoms with Gasteiger partial charge in [0.2, 0.25) is 10.0 Å². The van der Waals surface area contributed by atoms with Crippen molar-refractivity contribution in [2.45, 2.75) is 18.4 Å². The van der Waals surface area contributed by atoms with E-state index in [0.29, 0.717) is 11.1 Å². The lowest BCUT2D eigenvalue weighted by atomic mass is 10.2. The van der Waals surface area contributed by atoms with E-state index in [2.05, 4.69) is 4.72 Å². The van der Waals surface area contributed by atoms with E-state index in [1.807, 2.05) is 6.07 Å². The summed E-state index contributed by atoms with van der Waals surface area (Å²) in [6.07, 6.45) is 0. The van der Waals surface area contributed by atoms with E-state index >= 15 is 0 Å². The molecule has 0 heterocycles. The van der Waals surface area contributed by atoms with Crippen molar-refractivity contribution in [3.8, 4) is 11.8 Å². The first-order valence-corrected chi connectivity index (χ1v) is 7.69. The molecule has 0 saturated carbocycles. The van der Waals surface area contributed by atoms with Gasteiger partial charge in [0.1, 0.15) is 5.75 Å². The number of hydrogen-bond donors (Lipinski definition) is 2. The Morgan fingerprint density at radius 1 is 1.19 bits per heavy atom. The quantitative estimate of drug-likeness (QED) is 0.904. The van der Waals surface area contributed by atoms with Crippen molar-refractivity contribution in [2.24, 2.45) is 0 Å². The Morgan fingerprint density at radius 3 is 2.43 bits per heavy atom. The third kappa shape index (κ3) is 3.60. The minimum absolute atomic E-state index is 0.127. The Balaban J connectivity index is 2.19. The molecule has 0 aliphatic heterocycles. The van der Waals surface area contributed by atoms with Gasteiger partial charge in [-0.2, -0.15) is 5.26 Å². The first kappa shape index (κ1) is 15.0. The van der Waals surface area contributed by atoms with Crippen molar-refractivity contribution in [3.63, 3.8) is 0 Å². The molecule has 0 unspecified atom stereocenters. The minimum atomic E-state index is -3.65. The molecule has 21 heavy (non-hydrogen) atoms. The molecule has 0 aliphatic rings. The smallest absolute Gasteiger partial charge is 0.241 e. The summed E-state index contributed by atoms with van der Waals surface area (Å²) in [4.78, 5) is 0.153. The van der Waals surface area contributed by atoms with Gasteiger partial charge in [-0.3, -0.25) is 0 Å². The van der Waals surface area contributed by atoms with Crippen molar-refractivity contribution < 1.29 is 13.5 Å². The summed E-state index contributed by atoms with van der Waals surface area (Å²) in [5, 5.41) is 18.0. The molecule has 108 valence electrons. The number of aryl methyl sites for hydroxylation is 1. The van der Waals surface area contributed by atoms with E-state index in [1.165, 1.54) is 30.3 Å². The summed E-state index contributed by atoms with van der Waals surface area (Å²) in [6.45, 7) is 1.78. The fraction of sp³-hybridized carbons (Fsp3) is 0.133. The van der Waals surface area contributed by atoms with Crippen molar-refractivity contribution in [1.82, 2.24) is 4.72 Å². The zero-order chi connectivity index (χ0) is 15.5. The lowest BCUT2D eigenvalue weighted by Crippen LogP contribution is -2.24. The van der Waals surface area contributed by atoms with Crippen LogP contribution >= 0.6 is 0 Å². The predicted octanol–water partition coefficient (Wildman–Crippen LogP) is 2.05. The Bertz CT molecular complexity index is 791. The number of sulfonamides is 1. The number of rotatable bonds is 4. The molecular formula is C15H14N2O3S. The molecule has 2 aromatic carbocycles. The van der Waals surface area contributed by atoms with Crippen LogP contribution in [-0.4, -0.2) is 13.5 Å². The molecule has 0 spiro atoms. The number of nitriles is 1. The van der Waals surface area contributed by atoms with Crippen LogP contribution in [0.4, 0.5) is 0 Å². The fourth-order valence-electron chi connectivity index (χ4n) is 1.89. The van der Waals surface area contributed by atoms with Gasteiger partial charge in [-0.15, -0.1) is 0 Å². The van der Waals surface area contributed by atoms with Crippen LogP contribution in [0.15, 0.2) is 47.4 Å². The number of nitrogens with zero attached hydrogens (tertiary/aromatic N) is 1. The summed E-state index contributed by atoms with van der Waals surface area (Å²) in [5.41, 5.74) is 1.68. The zero-order valence-electron chi connectivity index (χ0n) is 11.4. The van der Waals surface area contributed by atoms with Crippen molar-refractivity contribution in [2.75, 3.05) is 0 Å². The lowest BCUT2D eigenvalue weighted by molar-refractivity contribution is 0.475. The average Bonchev–Trinajstić information content (AvgIpc) is 2.46. The zero-order valence-corrected chi connectivity index (χ0v) is 12.2. The van der Waals surface area contributed by atoms with Crippen LogP contribution in [0.1, 0.15) is 16.7 Å². The molecule has 0 bridgehead atoms. The van der Waals surface area contributed by atoms with Crippen molar-refractivity contribution >= 4 is 10.0 Å². The van der Waals surface area contributed by atoms with Crippen LogP contribution in [0.2, 0.25) is 0 Å². The van der Waals surface area contributed by atoms with Gasteiger partial charge >= 0.3 is 0 Å². The second kappa shape index (κ2) is 5.95. The number of benzene rings is 2. The lowest BCUT2D eigenvalue weighted by Gasteiger charge is -2.09. The second-order valence-electron chi connectivity index (χ2n) is 4.58. The largest absolute Gasteiger partial charge is 0.508 e. The number of hydrogen-bond acceptors (Lipinski definition) is 4. The van der Waals surface area contributed by atoms with Gasteiger partial charge in [0.15, 0.2) is 0 Å². The Hall–Kier alpha value is -2.36. The molecule has 0 aromatic heterocycles. The van der Waals surface area contributed by atoms with Gasteiger partial charge in [-0.1, -0.05) is 12.1 Å². The maximum absolute atomic E-state index is 12.2. The third-order valence-corrected chi connectivity index (χ3v) is 4.56. The normalized spacial score (nSPS) is 11.0. The van der Waals surface area contributed by atoms with Gasteiger partial charge in [0.25, 0.3) is 0 Å². The van der Waals surface area contributed by atoms with E-state index < -0.39 is 10.0 Å². The maximum Gasteiger partial charge on any atom is 0.241 e. The Morgan fingerprint density at radius 2 is 1.86 bits per heavy atom. The van der Waals surface area contributed by atoms with Crippen molar-refractivity contribution in [1.29, 1.82) is 5.26 Å². The van der Waals surface area contributed by atoms with Crippen LogP contribution in [0.3, 0.4) is 0 Å². The third-order valence-electron chi connectivity index (χ3n) is 3.00. The predicted molar refractivity (Wildman–Crippen MR) is 78.0 cm³/mol. The number of phenolic OH excluding ortho intramolecular Hbond substituents is 1. The first-order chi connectivity index (χ1) is 9.92. The van der Waals surface area contributed by atoms with E-state index in [0.717, 1.165) is 5.56 Å². The van der Waals surface area contributed by atoms with Gasteiger partial charge in [-0.05, 0) is 48.4 Å². The molecule has 2 N–H and O–H groups in total. The van der Waals surface area contributed by atoms with Gasteiger partial charge in [-0.25, -0.2) is 13.1 Å². The summed E-state index contributed by atoms with van der Waals surface area (Å²) in [7, 11) is -3.65. The van der Waals surface area contributed by atoms with E-state index in [-0.39, 0.29) is 17.2 Å². The summed E-state index contributed by atoms with van der Waals surface area (Å²) in [6, 6.07) is 12.7. The van der Waals surface area contributed by atoms with Gasteiger partial charge in [0.05, 0.1) is 16.5 Å². The van der Waals surface area contributed by atoms with E-state index in [4.69, 9.17) is 5.26 Å². The molecule has 6 heteroatoms. The fourth-order valence-corrected chi connectivity index (χ4v) is 3.13. The summed E-state index contributed by atoms with van der Waals surface area (Å²) < 4.78 is 27.0. The van der Waals surface area contributed by atoms with Crippen molar-refractivity contribution in [3.05, 3.63) is 59.2 Å². The molecule has 0 aliphatic carbocycles. The SMILES string of the molecule is Cc1cc(C#N)ccc1S(=O)(=O)NCc1ccc(O)cc1. The highest BCUT2D eigenvalue weighted by atomic mass is 32.2. The molecule has 2 rings (SSSR count). The van der Waals surface area contributed by atoms with E-state index in [9.17, 15) is 13.5 Å². The molecule has 0 atom stereocenters. The van der Waals surface area contributed by atoms with Crippen LogP contribution in [0, 0.1) is 18.3 Å². The monoisotopic (exact) mass is 302 g/mol. The molecule has 0 fully saturated rings. The summed E-state index contributed by atoms with van der Waals surface area (Å²) in [5.74, 6) is 0.129. The van der Waals surface area contributed by atoms with Gasteiger partial charge in [0, 0.05) is 6.54 Å². The van der Waals surface area contributed by atoms with Crippen LogP contribution < -0.4 is 4.72 Å². The molecule has 0 radical (unpaired) electrons. The van der Waals surface area contributed by atoms with Gasteiger partial charge < -0.3 is 5.11 Å². The highest BCUT2D eigenvalue weighted by Crippen LogP contribution is 2.17. The topological polar surface area (TPSA) is 90.2 Å². The molecule has 5 nitrogen and oxygen atoms in total. The maximum atomic E-state index is 12.2. The highest BCUT2D eigenvalue weighted by molar-refractivity contribution is 7.89.